The molecule has 0 aromatic carbocycles. The minimum Gasteiger partial charge on any atom is -0.347 e. The van der Waals surface area contributed by atoms with Crippen LogP contribution < -0.4 is 0 Å². The smallest absolute Gasteiger partial charge is 0.172 e. The third kappa shape index (κ3) is 2.94. The van der Waals surface area contributed by atoms with Gasteiger partial charge in [-0.1, -0.05) is 19.9 Å². The maximum atomic E-state index is 13.7. The lowest BCUT2D eigenvalue weighted by atomic mass is 9.49. The quantitative estimate of drug-likeness (QED) is 0.502. The lowest BCUT2D eigenvalue weighted by molar-refractivity contribution is -0.238. The van der Waals surface area contributed by atoms with Crippen LogP contribution in [0, 0.1) is 28.1 Å². The average molecular weight is 376 g/mol. The van der Waals surface area contributed by atoms with E-state index in [1.807, 2.05) is 6.92 Å². The Morgan fingerprint density at radius 2 is 1.89 bits per heavy atom. The molecule has 0 aromatic rings. The van der Waals surface area contributed by atoms with E-state index < -0.39 is 16.6 Å². The maximum Gasteiger partial charge on any atom is 0.172 e. The first-order valence-corrected chi connectivity index (χ1v) is 10.1. The SMILES string of the molecule is C=C[C@](C)(C=O)CC(=O)[C@@]1(C)C2C(CC=O)(CC[C@H]1C)CCC21OCCO1. The van der Waals surface area contributed by atoms with Crippen LogP contribution in [0.4, 0.5) is 0 Å². The highest BCUT2D eigenvalue weighted by Gasteiger charge is 2.70. The minimum atomic E-state index is -0.881. The first-order chi connectivity index (χ1) is 12.7. The van der Waals surface area contributed by atoms with Gasteiger partial charge in [-0.15, -0.1) is 6.58 Å². The molecule has 5 atom stereocenters. The van der Waals surface area contributed by atoms with Crippen molar-refractivity contribution in [1.29, 1.82) is 0 Å². The number of aldehydes is 2. The van der Waals surface area contributed by atoms with E-state index in [0.29, 0.717) is 26.1 Å². The molecule has 0 amide bonds. The first kappa shape index (κ1) is 20.4. The normalized spacial score (nSPS) is 39.5. The molecule has 5 nitrogen and oxygen atoms in total. The van der Waals surface area contributed by atoms with Gasteiger partial charge in [0.1, 0.15) is 18.4 Å². The van der Waals surface area contributed by atoms with Gasteiger partial charge >= 0.3 is 0 Å². The minimum absolute atomic E-state index is 0.0462. The molecule has 2 saturated carbocycles. The topological polar surface area (TPSA) is 69.7 Å². The Hall–Kier alpha value is -1.33. The van der Waals surface area contributed by atoms with E-state index in [2.05, 4.69) is 13.5 Å². The predicted molar refractivity (Wildman–Crippen MR) is 101 cm³/mol. The van der Waals surface area contributed by atoms with Crippen LogP contribution in [0.5, 0.6) is 0 Å². The molecule has 5 heteroatoms. The molecule has 2 aliphatic carbocycles. The Kier molecular flexibility index (Phi) is 5.23. The second-order valence-corrected chi connectivity index (χ2v) is 9.33. The Morgan fingerprint density at radius 1 is 1.22 bits per heavy atom. The summed E-state index contributed by atoms with van der Waals surface area (Å²) in [5.41, 5.74) is -1.86. The van der Waals surface area contributed by atoms with Gasteiger partial charge in [0.25, 0.3) is 0 Å². The number of hydrogen-bond acceptors (Lipinski definition) is 5. The van der Waals surface area contributed by atoms with Gasteiger partial charge in [0.2, 0.25) is 0 Å². The molecule has 3 aliphatic rings. The highest BCUT2D eigenvalue weighted by atomic mass is 16.7. The molecule has 0 N–H and O–H groups in total. The summed E-state index contributed by atoms with van der Waals surface area (Å²) in [5.74, 6) is -0.793. The highest BCUT2D eigenvalue weighted by Crippen LogP contribution is 2.68. The number of allylic oxidation sites excluding steroid dienone is 1. The van der Waals surface area contributed by atoms with E-state index in [1.54, 1.807) is 13.0 Å². The third-order valence-electron chi connectivity index (χ3n) is 7.87. The van der Waals surface area contributed by atoms with Crippen molar-refractivity contribution in [2.24, 2.45) is 28.1 Å². The Morgan fingerprint density at radius 3 is 2.44 bits per heavy atom. The molecular formula is C22H32O5. The fourth-order valence-electron chi connectivity index (χ4n) is 6.03. The molecule has 3 rings (SSSR count). The first-order valence-electron chi connectivity index (χ1n) is 10.1. The van der Waals surface area contributed by atoms with Crippen LogP contribution in [-0.2, 0) is 23.9 Å². The fourth-order valence-corrected chi connectivity index (χ4v) is 6.03. The molecule has 0 bridgehead atoms. The summed E-state index contributed by atoms with van der Waals surface area (Å²) in [6.07, 6.45) is 7.22. The van der Waals surface area contributed by atoms with Crippen LogP contribution in [0.2, 0.25) is 0 Å². The van der Waals surface area contributed by atoms with Crippen molar-refractivity contribution in [3.05, 3.63) is 12.7 Å². The summed E-state index contributed by atoms with van der Waals surface area (Å²) < 4.78 is 12.3. The van der Waals surface area contributed by atoms with E-state index in [1.165, 1.54) is 0 Å². The second kappa shape index (κ2) is 6.93. The third-order valence-corrected chi connectivity index (χ3v) is 7.87. The number of fused-ring (bicyclic) bond motifs is 2. The Labute approximate surface area is 161 Å². The zero-order valence-corrected chi connectivity index (χ0v) is 16.8. The number of rotatable bonds is 7. The number of carbonyl (C=O) groups excluding carboxylic acids is 3. The van der Waals surface area contributed by atoms with Crippen molar-refractivity contribution >= 4 is 18.4 Å². The van der Waals surface area contributed by atoms with Crippen molar-refractivity contribution in [1.82, 2.24) is 0 Å². The Bertz CT molecular complexity index is 627. The number of hydrogen-bond donors (Lipinski definition) is 0. The molecule has 0 aromatic heterocycles. The van der Waals surface area contributed by atoms with Gasteiger partial charge in [0.15, 0.2) is 5.79 Å². The molecule has 2 unspecified atom stereocenters. The molecule has 1 heterocycles. The van der Waals surface area contributed by atoms with Crippen LogP contribution in [0.15, 0.2) is 12.7 Å². The van der Waals surface area contributed by atoms with Crippen LogP contribution in [-0.4, -0.2) is 37.4 Å². The maximum absolute atomic E-state index is 13.7. The van der Waals surface area contributed by atoms with Crippen molar-refractivity contribution in [3.63, 3.8) is 0 Å². The fraction of sp³-hybridized carbons (Fsp3) is 0.773. The van der Waals surface area contributed by atoms with Crippen LogP contribution in [0.3, 0.4) is 0 Å². The lowest BCUT2D eigenvalue weighted by Gasteiger charge is -2.56. The number of ether oxygens (including phenoxy) is 2. The lowest BCUT2D eigenvalue weighted by Crippen LogP contribution is -2.59. The molecule has 1 saturated heterocycles. The number of Topliss-reactive ketones (excluding diaryl/α,β-unsaturated/α-hetero) is 1. The molecule has 150 valence electrons. The van der Waals surface area contributed by atoms with Gasteiger partial charge in [-0.05, 0) is 37.5 Å². The summed E-state index contributed by atoms with van der Waals surface area (Å²) in [6, 6.07) is 0. The van der Waals surface area contributed by atoms with Crippen molar-refractivity contribution < 1.29 is 23.9 Å². The van der Waals surface area contributed by atoms with E-state index in [4.69, 9.17) is 9.47 Å². The molecule has 3 fully saturated rings. The zero-order chi connectivity index (χ0) is 19.9. The summed E-state index contributed by atoms with van der Waals surface area (Å²) in [6.45, 7) is 10.6. The Balaban J connectivity index is 2.07. The van der Waals surface area contributed by atoms with Gasteiger partial charge in [-0.25, -0.2) is 0 Å². The van der Waals surface area contributed by atoms with Crippen LogP contribution in [0.1, 0.15) is 59.3 Å². The monoisotopic (exact) mass is 376 g/mol. The van der Waals surface area contributed by atoms with Crippen LogP contribution >= 0.6 is 0 Å². The van der Waals surface area contributed by atoms with E-state index in [0.717, 1.165) is 31.8 Å². The van der Waals surface area contributed by atoms with Gasteiger partial charge in [-0.3, -0.25) is 4.79 Å². The summed E-state index contributed by atoms with van der Waals surface area (Å²) in [7, 11) is 0. The molecule has 0 radical (unpaired) electrons. The average Bonchev–Trinajstić information content (AvgIpc) is 3.25. The molecular weight excluding hydrogens is 344 g/mol. The standard InChI is InChI=1S/C22H32O5/c1-5-19(3,15-24)14-17(25)20(4)16(2)6-7-21(10-11-23)8-9-22(18(20)21)26-12-13-27-22/h5,11,15-16,18H,1,6-10,12-14H2,2-4H3/t16-,18?,19+,20+,21?/m1/s1. The number of ketones is 1. The van der Waals surface area contributed by atoms with Gasteiger partial charge in [-0.2, -0.15) is 0 Å². The van der Waals surface area contributed by atoms with Gasteiger partial charge < -0.3 is 19.1 Å². The summed E-state index contributed by atoms with van der Waals surface area (Å²) in [4.78, 5) is 36.8. The summed E-state index contributed by atoms with van der Waals surface area (Å²) >= 11 is 0. The van der Waals surface area contributed by atoms with Gasteiger partial charge in [0, 0.05) is 36.0 Å². The molecule has 1 aliphatic heterocycles. The van der Waals surface area contributed by atoms with Crippen molar-refractivity contribution in [3.8, 4) is 0 Å². The predicted octanol–water partition coefficient (Wildman–Crippen LogP) is 3.50. The molecule has 27 heavy (non-hydrogen) atoms. The second-order valence-electron chi connectivity index (χ2n) is 9.33. The largest absolute Gasteiger partial charge is 0.347 e. The number of carbonyl (C=O) groups is 3. The van der Waals surface area contributed by atoms with Crippen molar-refractivity contribution in [2.45, 2.75) is 65.1 Å². The highest BCUT2D eigenvalue weighted by molar-refractivity contribution is 5.89. The van der Waals surface area contributed by atoms with Crippen molar-refractivity contribution in [2.75, 3.05) is 13.2 Å². The van der Waals surface area contributed by atoms with Gasteiger partial charge in [0.05, 0.1) is 13.2 Å². The zero-order valence-electron chi connectivity index (χ0n) is 16.8. The van der Waals surface area contributed by atoms with E-state index in [-0.39, 0.29) is 29.5 Å². The van der Waals surface area contributed by atoms with Crippen LogP contribution in [0.25, 0.3) is 0 Å². The summed E-state index contributed by atoms with van der Waals surface area (Å²) in [5, 5.41) is 0. The van der Waals surface area contributed by atoms with E-state index >= 15 is 0 Å². The van der Waals surface area contributed by atoms with E-state index in [9.17, 15) is 14.4 Å². The molecule has 1 spiro atoms.